The van der Waals surface area contributed by atoms with E-state index in [4.69, 9.17) is 11.6 Å². The zero-order valence-corrected chi connectivity index (χ0v) is 14.2. The topological polar surface area (TPSA) is 68.2 Å². The molecule has 0 unspecified atom stereocenters. The second-order valence-electron chi connectivity index (χ2n) is 6.28. The largest absolute Gasteiger partial charge is 0.396 e. The number of halogens is 1. The standard InChI is InChI=1S/C16H21BrN4/c1-16(2,3)10-21(19)13-5-4-12(14(17)15(13)18)11-6-8-20-9-7-11/h4-9H,10,18-19H2,1-3H3. The Bertz CT molecular complexity index is 620. The second-order valence-corrected chi connectivity index (χ2v) is 7.08. The Morgan fingerprint density at radius 1 is 1.14 bits per heavy atom. The monoisotopic (exact) mass is 348 g/mol. The number of nitrogens with two attached hydrogens (primary N) is 2. The molecule has 1 heterocycles. The maximum Gasteiger partial charge on any atom is 0.0758 e. The van der Waals surface area contributed by atoms with Gasteiger partial charge in [0.15, 0.2) is 0 Å². The average molecular weight is 349 g/mol. The number of hydrazine groups is 1. The molecular weight excluding hydrogens is 328 g/mol. The summed E-state index contributed by atoms with van der Waals surface area (Å²) in [5.41, 5.74) is 9.92. The number of nitrogens with zero attached hydrogens (tertiary/aromatic N) is 2. The molecule has 0 bridgehead atoms. The molecule has 0 spiro atoms. The van der Waals surface area contributed by atoms with Crippen molar-refractivity contribution < 1.29 is 0 Å². The lowest BCUT2D eigenvalue weighted by atomic mass is 9.96. The number of anilines is 2. The van der Waals surface area contributed by atoms with Gasteiger partial charge in [-0.15, -0.1) is 0 Å². The highest BCUT2D eigenvalue weighted by Gasteiger charge is 2.18. The first-order valence-corrected chi connectivity index (χ1v) is 7.59. The number of hydrogen-bond donors (Lipinski definition) is 2. The van der Waals surface area contributed by atoms with E-state index in [1.165, 1.54) is 0 Å². The lowest BCUT2D eigenvalue weighted by Gasteiger charge is -2.29. The molecule has 21 heavy (non-hydrogen) atoms. The van der Waals surface area contributed by atoms with Gasteiger partial charge in [-0.05, 0) is 50.7 Å². The maximum atomic E-state index is 6.26. The first-order valence-electron chi connectivity index (χ1n) is 6.80. The molecule has 2 aromatic rings. The summed E-state index contributed by atoms with van der Waals surface area (Å²) in [5.74, 6) is 6.16. The molecule has 5 heteroatoms. The molecule has 0 aliphatic heterocycles. The predicted octanol–water partition coefficient (Wildman–Crippen LogP) is 3.82. The third-order valence-electron chi connectivity index (χ3n) is 3.10. The Hall–Kier alpha value is -1.59. The molecule has 0 saturated carbocycles. The van der Waals surface area contributed by atoms with Crippen LogP contribution in [0.1, 0.15) is 20.8 Å². The highest BCUT2D eigenvalue weighted by atomic mass is 79.9. The Morgan fingerprint density at radius 3 is 2.33 bits per heavy atom. The van der Waals surface area contributed by atoms with E-state index in [0.29, 0.717) is 5.69 Å². The average Bonchev–Trinajstić information content (AvgIpc) is 2.40. The van der Waals surface area contributed by atoms with Gasteiger partial charge in [-0.2, -0.15) is 0 Å². The van der Waals surface area contributed by atoms with Gasteiger partial charge in [0.1, 0.15) is 0 Å². The van der Waals surface area contributed by atoms with Crippen molar-refractivity contribution >= 4 is 27.3 Å². The lowest BCUT2D eigenvalue weighted by molar-refractivity contribution is 0.412. The van der Waals surface area contributed by atoms with Crippen LogP contribution in [0.2, 0.25) is 0 Å². The van der Waals surface area contributed by atoms with Crippen molar-refractivity contribution in [2.45, 2.75) is 20.8 Å². The molecule has 4 N–H and O–H groups in total. The van der Waals surface area contributed by atoms with E-state index in [1.807, 2.05) is 24.3 Å². The molecule has 0 aliphatic carbocycles. The lowest BCUT2D eigenvalue weighted by Crippen LogP contribution is -2.38. The third-order valence-corrected chi connectivity index (χ3v) is 3.96. The van der Waals surface area contributed by atoms with Crippen molar-refractivity contribution in [3.05, 3.63) is 41.1 Å². The van der Waals surface area contributed by atoms with Gasteiger partial charge >= 0.3 is 0 Å². The van der Waals surface area contributed by atoms with Gasteiger partial charge in [0.2, 0.25) is 0 Å². The Labute approximate surface area is 134 Å². The van der Waals surface area contributed by atoms with Gasteiger partial charge in [-0.25, -0.2) is 5.84 Å². The number of pyridine rings is 1. The summed E-state index contributed by atoms with van der Waals surface area (Å²) in [4.78, 5) is 4.03. The number of rotatable bonds is 3. The molecule has 4 nitrogen and oxygen atoms in total. The highest BCUT2D eigenvalue weighted by molar-refractivity contribution is 9.10. The van der Waals surface area contributed by atoms with Crippen LogP contribution in [0.5, 0.6) is 0 Å². The van der Waals surface area contributed by atoms with Crippen LogP contribution in [0, 0.1) is 5.41 Å². The van der Waals surface area contributed by atoms with Crippen LogP contribution in [0.3, 0.4) is 0 Å². The Kier molecular flexibility index (Phi) is 4.54. The van der Waals surface area contributed by atoms with Crippen LogP contribution < -0.4 is 16.6 Å². The molecule has 0 fully saturated rings. The summed E-state index contributed by atoms with van der Waals surface area (Å²) in [7, 11) is 0. The van der Waals surface area contributed by atoms with Crippen LogP contribution in [0.4, 0.5) is 11.4 Å². The second kappa shape index (κ2) is 6.03. The van der Waals surface area contributed by atoms with Crippen molar-refractivity contribution in [2.75, 3.05) is 17.3 Å². The van der Waals surface area contributed by atoms with Crippen LogP contribution in [-0.4, -0.2) is 11.5 Å². The van der Waals surface area contributed by atoms with Gasteiger partial charge in [-0.3, -0.25) is 4.98 Å². The Morgan fingerprint density at radius 2 is 1.76 bits per heavy atom. The van der Waals surface area contributed by atoms with Crippen molar-refractivity contribution in [2.24, 2.45) is 11.3 Å². The number of aromatic nitrogens is 1. The van der Waals surface area contributed by atoms with E-state index in [0.717, 1.165) is 27.8 Å². The van der Waals surface area contributed by atoms with E-state index in [2.05, 4.69) is 41.7 Å². The van der Waals surface area contributed by atoms with E-state index in [9.17, 15) is 0 Å². The zero-order valence-electron chi connectivity index (χ0n) is 12.6. The third kappa shape index (κ3) is 3.74. The first kappa shape index (κ1) is 15.8. The van der Waals surface area contributed by atoms with Crippen molar-refractivity contribution in [1.29, 1.82) is 0 Å². The summed E-state index contributed by atoms with van der Waals surface area (Å²) in [6.07, 6.45) is 3.53. The molecule has 1 aromatic heterocycles. The summed E-state index contributed by atoms with van der Waals surface area (Å²) < 4.78 is 0.857. The molecule has 0 radical (unpaired) electrons. The molecule has 0 aliphatic rings. The Balaban J connectivity index is 2.38. The minimum atomic E-state index is 0.0947. The molecule has 2 rings (SSSR count). The molecule has 112 valence electrons. The molecule has 0 amide bonds. The minimum absolute atomic E-state index is 0.0947. The van der Waals surface area contributed by atoms with Crippen LogP contribution in [0.15, 0.2) is 41.1 Å². The normalized spacial score (nSPS) is 11.5. The summed E-state index contributed by atoms with van der Waals surface area (Å²) in [6.45, 7) is 7.15. The van der Waals surface area contributed by atoms with Gasteiger partial charge in [0.05, 0.1) is 15.8 Å². The highest BCUT2D eigenvalue weighted by Crippen LogP contribution is 2.38. The van der Waals surface area contributed by atoms with Gasteiger partial charge in [0, 0.05) is 18.9 Å². The van der Waals surface area contributed by atoms with Crippen molar-refractivity contribution in [1.82, 2.24) is 4.98 Å². The van der Waals surface area contributed by atoms with E-state index < -0.39 is 0 Å². The van der Waals surface area contributed by atoms with Gasteiger partial charge in [0.25, 0.3) is 0 Å². The number of nitrogen functional groups attached to an aromatic ring is 1. The quantitative estimate of drug-likeness (QED) is 0.502. The van der Waals surface area contributed by atoms with Crippen LogP contribution in [0.25, 0.3) is 11.1 Å². The van der Waals surface area contributed by atoms with Gasteiger partial charge in [-0.1, -0.05) is 26.8 Å². The first-order chi connectivity index (χ1) is 9.79. The van der Waals surface area contributed by atoms with Crippen molar-refractivity contribution in [3.63, 3.8) is 0 Å². The zero-order chi connectivity index (χ0) is 15.6. The molecule has 0 atom stereocenters. The fourth-order valence-electron chi connectivity index (χ4n) is 2.18. The van der Waals surface area contributed by atoms with E-state index >= 15 is 0 Å². The number of benzene rings is 1. The maximum absolute atomic E-state index is 6.26. The SMILES string of the molecule is CC(C)(C)CN(N)c1ccc(-c2ccncc2)c(Br)c1N. The van der Waals surface area contributed by atoms with E-state index in [-0.39, 0.29) is 5.41 Å². The fraction of sp³-hybridized carbons (Fsp3) is 0.312. The summed E-state index contributed by atoms with van der Waals surface area (Å²) in [6, 6.07) is 7.89. The fourth-order valence-corrected chi connectivity index (χ4v) is 2.75. The van der Waals surface area contributed by atoms with E-state index in [1.54, 1.807) is 17.4 Å². The van der Waals surface area contributed by atoms with Gasteiger partial charge < -0.3 is 10.7 Å². The minimum Gasteiger partial charge on any atom is -0.396 e. The van der Waals surface area contributed by atoms with Crippen LogP contribution in [-0.2, 0) is 0 Å². The summed E-state index contributed by atoms with van der Waals surface area (Å²) in [5, 5.41) is 1.70. The summed E-state index contributed by atoms with van der Waals surface area (Å²) >= 11 is 3.59. The van der Waals surface area contributed by atoms with Crippen LogP contribution >= 0.6 is 15.9 Å². The molecule has 1 aromatic carbocycles. The predicted molar refractivity (Wildman–Crippen MR) is 92.8 cm³/mol. The smallest absolute Gasteiger partial charge is 0.0758 e. The van der Waals surface area contributed by atoms with Crippen molar-refractivity contribution in [3.8, 4) is 11.1 Å². The molecule has 0 saturated heterocycles. The number of hydrogen-bond acceptors (Lipinski definition) is 4. The molecular formula is C16H21BrN4.